The zero-order valence-electron chi connectivity index (χ0n) is 3.23. The maximum absolute atomic E-state index is 8.55. The van der Waals surface area contributed by atoms with E-state index < -0.39 is 7.82 Å². The average Bonchev–Trinajstić information content (AvgIpc) is 0.722. The molecule has 5 nitrogen and oxygen atoms in total. The van der Waals surface area contributed by atoms with Crippen LogP contribution in [0, 0.1) is 0 Å². The molecule has 0 saturated carbocycles. The van der Waals surface area contributed by atoms with E-state index in [-0.39, 0.29) is 43.2 Å². The van der Waals surface area contributed by atoms with Gasteiger partial charge < -0.3 is 24.7 Å². The second kappa shape index (κ2) is 5.47. The van der Waals surface area contributed by atoms with E-state index in [1.54, 1.807) is 0 Å². The van der Waals surface area contributed by atoms with E-state index in [0.29, 0.717) is 0 Å². The van der Waals surface area contributed by atoms with E-state index in [4.69, 9.17) is 19.2 Å². The Kier molecular flexibility index (Phi) is 12.3. The minimum absolute atomic E-state index is 0. The van der Waals surface area contributed by atoms with Crippen LogP contribution in [0.5, 0.6) is 0 Å². The van der Waals surface area contributed by atoms with Crippen LogP contribution in [0.2, 0.25) is 0 Å². The minimum atomic E-state index is -5.39. The molecule has 0 heterocycles. The fourth-order valence-corrected chi connectivity index (χ4v) is 0. The first-order chi connectivity index (χ1) is 2.00. The van der Waals surface area contributed by atoms with Gasteiger partial charge in [0.1, 0.15) is 0 Å². The van der Waals surface area contributed by atoms with E-state index in [0.717, 1.165) is 0 Å². The molecule has 7 heavy (non-hydrogen) atoms. The molecule has 2 radical (unpaired) electrons. The van der Waals surface area contributed by atoms with E-state index in [2.05, 4.69) is 0 Å². The first kappa shape index (κ1) is 15.8. The summed E-state index contributed by atoms with van der Waals surface area (Å²) in [5.41, 5.74) is 0. The molecule has 0 amide bonds. The van der Waals surface area contributed by atoms with Crippen molar-refractivity contribution in [3.63, 3.8) is 0 Å². The zero-order chi connectivity index (χ0) is 4.50. The number of rotatable bonds is 0. The van der Waals surface area contributed by atoms with Gasteiger partial charge in [0.05, 0.1) is 0 Å². The third kappa shape index (κ3) is 118. The van der Waals surface area contributed by atoms with Crippen LogP contribution in [0.25, 0.3) is 0 Å². The second-order valence-corrected chi connectivity index (χ2v) is 1.34. The predicted molar refractivity (Wildman–Crippen MR) is 15.3 cm³/mol. The summed E-state index contributed by atoms with van der Waals surface area (Å²) in [5.74, 6) is 0. The van der Waals surface area contributed by atoms with Crippen molar-refractivity contribution < 1.29 is 24.7 Å². The Labute approximate surface area is 69.9 Å². The molecule has 0 aliphatic rings. The van der Waals surface area contributed by atoms with Gasteiger partial charge in [-0.25, -0.2) is 0 Å². The smallest absolute Gasteiger partial charge is 0 e. The summed E-state index contributed by atoms with van der Waals surface area (Å²) in [6.45, 7) is 0. The van der Waals surface area contributed by atoms with Gasteiger partial charge >= 0.3 is 0 Å². The van der Waals surface area contributed by atoms with Crippen molar-refractivity contribution in [1.82, 2.24) is 0 Å². The summed E-state index contributed by atoms with van der Waals surface area (Å²) in [5, 5.41) is 0. The summed E-state index contributed by atoms with van der Waals surface area (Å²) in [6, 6.07) is 0. The zero-order valence-corrected chi connectivity index (χ0v) is 6.34. The Balaban J connectivity index is -0.0000000800. The van der Waals surface area contributed by atoms with Gasteiger partial charge in [0, 0.05) is 37.7 Å². The van der Waals surface area contributed by atoms with Crippen molar-refractivity contribution in [2.24, 2.45) is 0 Å². The molecule has 0 unspecified atom stereocenters. The van der Waals surface area contributed by atoms with Crippen molar-refractivity contribution >= 4 is 45.6 Å². The summed E-state index contributed by atoms with van der Waals surface area (Å²) < 4.78 is 8.55. The molecule has 7 heteroatoms. The molecule has 0 aromatic rings. The molecular weight excluding hydrogens is 151 g/mol. The summed E-state index contributed by atoms with van der Waals surface area (Å²) in [6.07, 6.45) is 0. The Morgan fingerprint density at radius 2 is 1.14 bits per heavy atom. The van der Waals surface area contributed by atoms with Crippen LogP contribution in [0.1, 0.15) is 0 Å². The SMILES string of the molecule is O=P([O-])([O-])[O-].[Ca].[OH-]. The molecule has 0 spiro atoms. The fraction of sp³-hybridized carbons (Fsp3) is 0. The first-order valence-electron chi connectivity index (χ1n) is 0.730. The van der Waals surface area contributed by atoms with Crippen LogP contribution in [0.15, 0.2) is 0 Å². The predicted octanol–water partition coefficient (Wildman–Crippen LogP) is -3.38. The third-order valence-corrected chi connectivity index (χ3v) is 0. The van der Waals surface area contributed by atoms with Gasteiger partial charge in [-0.05, 0) is 0 Å². The summed E-state index contributed by atoms with van der Waals surface area (Å²) in [7, 11) is -5.39. The van der Waals surface area contributed by atoms with Crippen molar-refractivity contribution in [3.8, 4) is 0 Å². The van der Waals surface area contributed by atoms with Gasteiger partial charge in [0.25, 0.3) is 0 Å². The fourth-order valence-electron chi connectivity index (χ4n) is 0. The third-order valence-electron chi connectivity index (χ3n) is 0. The molecule has 0 bridgehead atoms. The molecular formula is HCaO5P-4. The molecule has 0 aromatic carbocycles. The van der Waals surface area contributed by atoms with E-state index in [1.165, 1.54) is 0 Å². The van der Waals surface area contributed by atoms with E-state index >= 15 is 0 Å². The van der Waals surface area contributed by atoms with Crippen molar-refractivity contribution in [1.29, 1.82) is 0 Å². The van der Waals surface area contributed by atoms with Crippen LogP contribution in [-0.4, -0.2) is 43.2 Å². The summed E-state index contributed by atoms with van der Waals surface area (Å²) in [4.78, 5) is 25.6. The number of hydrogen-bond acceptors (Lipinski definition) is 5. The Morgan fingerprint density at radius 3 is 1.14 bits per heavy atom. The molecule has 0 rings (SSSR count). The molecule has 0 aliphatic heterocycles. The van der Waals surface area contributed by atoms with Crippen LogP contribution < -0.4 is 14.7 Å². The molecule has 0 aliphatic carbocycles. The Hall–Kier alpha value is 1.33. The van der Waals surface area contributed by atoms with Gasteiger partial charge in [0.15, 0.2) is 0 Å². The van der Waals surface area contributed by atoms with Crippen LogP contribution in [0.3, 0.4) is 0 Å². The van der Waals surface area contributed by atoms with Crippen molar-refractivity contribution in [2.45, 2.75) is 0 Å². The molecule has 0 aromatic heterocycles. The van der Waals surface area contributed by atoms with Crippen LogP contribution in [0.4, 0.5) is 0 Å². The van der Waals surface area contributed by atoms with Crippen LogP contribution >= 0.6 is 7.82 Å². The average molecular weight is 152 g/mol. The van der Waals surface area contributed by atoms with E-state index in [9.17, 15) is 0 Å². The minimum Gasteiger partial charge on any atom is -0.870 e. The van der Waals surface area contributed by atoms with Gasteiger partial charge in [-0.2, -0.15) is 7.82 Å². The van der Waals surface area contributed by atoms with Gasteiger partial charge in [-0.3, -0.25) is 0 Å². The molecule has 0 saturated heterocycles. The second-order valence-electron chi connectivity index (χ2n) is 0.447. The quantitative estimate of drug-likeness (QED) is 0.265. The van der Waals surface area contributed by atoms with Gasteiger partial charge in [0.2, 0.25) is 0 Å². The van der Waals surface area contributed by atoms with E-state index in [1.807, 2.05) is 0 Å². The summed E-state index contributed by atoms with van der Waals surface area (Å²) >= 11 is 0. The van der Waals surface area contributed by atoms with Gasteiger partial charge in [-0.1, -0.05) is 0 Å². The molecule has 1 N–H and O–H groups in total. The first-order valence-corrected chi connectivity index (χ1v) is 2.19. The molecule has 0 fully saturated rings. The largest absolute Gasteiger partial charge is 0.870 e. The number of hydrogen-bond donors (Lipinski definition) is 0. The van der Waals surface area contributed by atoms with Crippen LogP contribution in [-0.2, 0) is 4.57 Å². The standard InChI is InChI=1S/Ca.H3O4P.H2O/c;1-5(2,3)4;/h;(H3,1,2,3,4);1H2/p-4. The normalized spacial score (nSPS) is 8.43. The Bertz CT molecular complexity index is 54.2. The van der Waals surface area contributed by atoms with Crippen molar-refractivity contribution in [2.75, 3.05) is 0 Å². The maximum atomic E-state index is 8.55. The molecule has 0 atom stereocenters. The number of phosphoric acid groups is 1. The van der Waals surface area contributed by atoms with Gasteiger partial charge in [-0.15, -0.1) is 0 Å². The monoisotopic (exact) mass is 152 g/mol. The Morgan fingerprint density at radius 1 is 1.14 bits per heavy atom. The topological polar surface area (TPSA) is 116 Å². The maximum Gasteiger partial charge on any atom is 0 e. The van der Waals surface area contributed by atoms with Crippen molar-refractivity contribution in [3.05, 3.63) is 0 Å². The molecule has 42 valence electrons.